The Morgan fingerprint density at radius 1 is 0.861 bits per heavy atom. The van der Waals surface area contributed by atoms with Crippen LogP contribution in [0.4, 0.5) is 4.79 Å². The minimum Gasteiger partial charge on any atom is -0.379 e. The summed E-state index contributed by atoms with van der Waals surface area (Å²) in [4.78, 5) is 27.0. The second-order valence-corrected chi connectivity index (χ2v) is 11.0. The van der Waals surface area contributed by atoms with Crippen molar-refractivity contribution >= 4 is 61.5 Å². The molecule has 4 aromatic rings. The van der Waals surface area contributed by atoms with E-state index in [0.717, 1.165) is 28.1 Å². The molecule has 0 radical (unpaired) electrons. The van der Waals surface area contributed by atoms with E-state index in [-0.39, 0.29) is 28.3 Å². The third-order valence-corrected chi connectivity index (χ3v) is 7.94. The molecular weight excluding hydrogens is 518 g/mol. The number of amides is 2. The molecule has 4 aromatic carbocycles. The predicted molar refractivity (Wildman–Crippen MR) is 141 cm³/mol. The van der Waals surface area contributed by atoms with Crippen molar-refractivity contribution in [3.05, 3.63) is 112 Å². The van der Waals surface area contributed by atoms with E-state index in [1.165, 1.54) is 41.3 Å². The van der Waals surface area contributed by atoms with Gasteiger partial charge in [-0.1, -0.05) is 60.1 Å². The largest absolute Gasteiger partial charge is 0.379 e. The molecule has 5 rings (SSSR count). The van der Waals surface area contributed by atoms with Gasteiger partial charge in [-0.05, 0) is 82.2 Å². The lowest BCUT2D eigenvalue weighted by Gasteiger charge is -2.13. The van der Waals surface area contributed by atoms with Gasteiger partial charge in [0.1, 0.15) is 10.6 Å². The van der Waals surface area contributed by atoms with Crippen molar-refractivity contribution < 1.29 is 22.2 Å². The van der Waals surface area contributed by atoms with Crippen molar-refractivity contribution in [3.63, 3.8) is 0 Å². The van der Waals surface area contributed by atoms with Crippen LogP contribution in [0.25, 0.3) is 16.8 Å². The summed E-state index contributed by atoms with van der Waals surface area (Å²) in [6.07, 6.45) is 1.60. The van der Waals surface area contributed by atoms with Gasteiger partial charge in [-0.2, -0.15) is 8.42 Å². The second kappa shape index (κ2) is 9.81. The Morgan fingerprint density at radius 3 is 2.28 bits per heavy atom. The van der Waals surface area contributed by atoms with E-state index in [0.29, 0.717) is 15.5 Å². The number of carbonyl (C=O) groups is 2. The third kappa shape index (κ3) is 5.16. The van der Waals surface area contributed by atoms with Gasteiger partial charge in [-0.25, -0.2) is 0 Å². The van der Waals surface area contributed by atoms with E-state index in [1.54, 1.807) is 18.2 Å². The van der Waals surface area contributed by atoms with E-state index in [4.69, 9.17) is 15.8 Å². The smallest absolute Gasteiger partial charge is 0.339 e. The van der Waals surface area contributed by atoms with Gasteiger partial charge in [0.2, 0.25) is 0 Å². The summed E-state index contributed by atoms with van der Waals surface area (Å²) >= 11 is 6.68. The number of fused-ring (bicyclic) bond motifs is 1. The van der Waals surface area contributed by atoms with Crippen LogP contribution in [0.2, 0.25) is 5.02 Å². The predicted octanol–water partition coefficient (Wildman–Crippen LogP) is 6.50. The normalized spacial score (nSPS) is 15.1. The van der Waals surface area contributed by atoms with Gasteiger partial charge in [0.15, 0.2) is 0 Å². The van der Waals surface area contributed by atoms with Crippen molar-refractivity contribution in [2.24, 2.45) is 0 Å². The number of halogens is 1. The summed E-state index contributed by atoms with van der Waals surface area (Å²) in [7, 11) is -4.02. The monoisotopic (exact) mass is 535 g/mol. The van der Waals surface area contributed by atoms with Crippen LogP contribution >= 0.6 is 23.4 Å². The summed E-state index contributed by atoms with van der Waals surface area (Å²) in [6.45, 7) is 0.183. The van der Waals surface area contributed by atoms with Crippen LogP contribution in [0.1, 0.15) is 11.1 Å². The highest BCUT2D eigenvalue weighted by molar-refractivity contribution is 8.18. The summed E-state index contributed by atoms with van der Waals surface area (Å²) in [5, 5.41) is 2.20. The molecule has 0 unspecified atom stereocenters. The first-order chi connectivity index (χ1) is 17.3. The Kier molecular flexibility index (Phi) is 6.57. The molecule has 9 heteroatoms. The summed E-state index contributed by atoms with van der Waals surface area (Å²) in [5.41, 5.74) is 1.49. The van der Waals surface area contributed by atoms with Crippen LogP contribution in [0, 0.1) is 0 Å². The standard InChI is InChI=1S/C27H18ClNO5S2/c28-22-9-13-24(14-10-22)36(32,33)34-23-11-6-18(7-12-23)16-25-26(30)29(27(31)35-25)17-19-5-8-20-3-1-2-4-21(20)15-19/h1-16H,17H2/b25-16-. The van der Waals surface area contributed by atoms with Crippen LogP contribution in [0.5, 0.6) is 5.75 Å². The van der Waals surface area contributed by atoms with Crippen LogP contribution in [0.3, 0.4) is 0 Å². The zero-order valence-corrected chi connectivity index (χ0v) is 21.0. The van der Waals surface area contributed by atoms with Crippen LogP contribution in [-0.2, 0) is 21.5 Å². The van der Waals surface area contributed by atoms with Gasteiger partial charge in [-0.3, -0.25) is 14.5 Å². The fourth-order valence-electron chi connectivity index (χ4n) is 3.70. The molecule has 36 heavy (non-hydrogen) atoms. The quantitative estimate of drug-likeness (QED) is 0.207. The van der Waals surface area contributed by atoms with E-state index >= 15 is 0 Å². The maximum Gasteiger partial charge on any atom is 0.339 e. The van der Waals surface area contributed by atoms with E-state index in [9.17, 15) is 18.0 Å². The average Bonchev–Trinajstić information content (AvgIpc) is 3.12. The van der Waals surface area contributed by atoms with Crippen LogP contribution in [0.15, 0.2) is 101 Å². The molecule has 0 spiro atoms. The Balaban J connectivity index is 1.29. The number of imide groups is 1. The summed E-state index contributed by atoms with van der Waals surface area (Å²) in [5.74, 6) is -0.254. The molecule has 0 N–H and O–H groups in total. The Bertz CT molecular complexity index is 1610. The van der Waals surface area contributed by atoms with Crippen molar-refractivity contribution in [1.82, 2.24) is 4.90 Å². The first kappa shape index (κ1) is 24.1. The molecule has 0 saturated carbocycles. The third-order valence-electron chi connectivity index (χ3n) is 5.51. The molecule has 2 amide bonds. The molecule has 1 saturated heterocycles. The number of hydrogen-bond acceptors (Lipinski definition) is 6. The van der Waals surface area contributed by atoms with Crippen molar-refractivity contribution in [3.8, 4) is 5.75 Å². The lowest BCUT2D eigenvalue weighted by Crippen LogP contribution is -2.27. The molecule has 1 fully saturated rings. The van der Waals surface area contributed by atoms with Gasteiger partial charge < -0.3 is 4.18 Å². The first-order valence-electron chi connectivity index (χ1n) is 10.8. The molecule has 1 heterocycles. The zero-order valence-electron chi connectivity index (χ0n) is 18.6. The fraction of sp³-hybridized carbons (Fsp3) is 0.0370. The number of benzene rings is 4. The summed E-state index contributed by atoms with van der Waals surface area (Å²) < 4.78 is 30.1. The molecule has 1 aliphatic heterocycles. The van der Waals surface area contributed by atoms with Gasteiger partial charge in [0.25, 0.3) is 11.1 Å². The maximum atomic E-state index is 12.9. The molecule has 180 valence electrons. The van der Waals surface area contributed by atoms with Crippen LogP contribution < -0.4 is 4.18 Å². The van der Waals surface area contributed by atoms with Crippen LogP contribution in [-0.4, -0.2) is 24.5 Å². The topological polar surface area (TPSA) is 80.8 Å². The minimum atomic E-state index is -4.02. The molecule has 6 nitrogen and oxygen atoms in total. The van der Waals surface area contributed by atoms with E-state index in [2.05, 4.69) is 0 Å². The molecular formula is C27H18ClNO5S2. The summed E-state index contributed by atoms with van der Waals surface area (Å²) in [6, 6.07) is 25.6. The molecule has 0 atom stereocenters. The number of thioether (sulfide) groups is 1. The van der Waals surface area contributed by atoms with Crippen molar-refractivity contribution in [1.29, 1.82) is 0 Å². The van der Waals surface area contributed by atoms with Gasteiger partial charge >= 0.3 is 10.1 Å². The van der Waals surface area contributed by atoms with Gasteiger partial charge in [0.05, 0.1) is 11.4 Å². The SMILES string of the molecule is O=C1S/C(=C\c2ccc(OS(=O)(=O)c3ccc(Cl)cc3)cc2)C(=O)N1Cc1ccc2ccccc2c1. The van der Waals surface area contributed by atoms with E-state index < -0.39 is 10.1 Å². The Morgan fingerprint density at radius 2 is 1.56 bits per heavy atom. The molecule has 0 aromatic heterocycles. The average molecular weight is 536 g/mol. The van der Waals surface area contributed by atoms with Crippen molar-refractivity contribution in [2.45, 2.75) is 11.4 Å². The number of hydrogen-bond donors (Lipinski definition) is 0. The highest BCUT2D eigenvalue weighted by Crippen LogP contribution is 2.34. The first-order valence-corrected chi connectivity index (χ1v) is 13.4. The molecule has 1 aliphatic rings. The Labute approximate surface area is 217 Å². The minimum absolute atomic E-state index is 0.0175. The fourth-order valence-corrected chi connectivity index (χ4v) is 5.60. The lowest BCUT2D eigenvalue weighted by molar-refractivity contribution is -0.123. The van der Waals surface area contributed by atoms with Gasteiger partial charge in [-0.15, -0.1) is 0 Å². The molecule has 0 bridgehead atoms. The lowest BCUT2D eigenvalue weighted by atomic mass is 10.1. The van der Waals surface area contributed by atoms with E-state index in [1.807, 2.05) is 42.5 Å². The zero-order chi connectivity index (χ0) is 25.3. The second-order valence-electron chi connectivity index (χ2n) is 8.01. The maximum absolute atomic E-state index is 12.9. The van der Waals surface area contributed by atoms with Crippen molar-refractivity contribution in [2.75, 3.05) is 0 Å². The number of nitrogens with zero attached hydrogens (tertiary/aromatic N) is 1. The van der Waals surface area contributed by atoms with Gasteiger partial charge in [0, 0.05) is 5.02 Å². The highest BCUT2D eigenvalue weighted by atomic mass is 35.5. The Hall–Kier alpha value is -3.59. The number of carbonyl (C=O) groups excluding carboxylic acids is 2. The highest BCUT2D eigenvalue weighted by Gasteiger charge is 2.35. The molecule has 0 aliphatic carbocycles. The number of rotatable bonds is 6.